The summed E-state index contributed by atoms with van der Waals surface area (Å²) in [4.78, 5) is 11.0. The van der Waals surface area contributed by atoms with E-state index in [1.54, 1.807) is 0 Å². The lowest BCUT2D eigenvalue weighted by atomic mass is 10.2. The number of hydrogen-bond donors (Lipinski definition) is 1. The van der Waals surface area contributed by atoms with Crippen molar-refractivity contribution in [2.45, 2.75) is 19.9 Å². The summed E-state index contributed by atoms with van der Waals surface area (Å²) in [5, 5.41) is 2.74. The lowest BCUT2D eigenvalue weighted by Crippen LogP contribution is -2.35. The molecule has 1 aromatic rings. The SMILES string of the molecule is C=CC(=O)NC(C)COc1ccccc1C. The van der Waals surface area contributed by atoms with E-state index < -0.39 is 0 Å². The zero-order valence-electron chi connectivity index (χ0n) is 9.69. The van der Waals surface area contributed by atoms with Crippen molar-refractivity contribution in [3.63, 3.8) is 0 Å². The van der Waals surface area contributed by atoms with Crippen LogP contribution in [0.1, 0.15) is 12.5 Å². The fourth-order valence-electron chi connectivity index (χ4n) is 1.28. The third-order valence-electron chi connectivity index (χ3n) is 2.16. The standard InChI is InChI=1S/C13H17NO2/c1-4-13(15)14-11(3)9-16-12-8-6-5-7-10(12)2/h4-8,11H,1,9H2,2-3H3,(H,14,15). The Morgan fingerprint density at radius 2 is 2.25 bits per heavy atom. The van der Waals surface area contributed by atoms with Crippen LogP contribution >= 0.6 is 0 Å². The quantitative estimate of drug-likeness (QED) is 0.770. The molecule has 0 spiro atoms. The Kier molecular flexibility index (Phi) is 4.58. The number of amides is 1. The molecular weight excluding hydrogens is 202 g/mol. The monoisotopic (exact) mass is 219 g/mol. The maximum absolute atomic E-state index is 11.0. The number of nitrogens with one attached hydrogen (secondary N) is 1. The molecule has 0 aliphatic carbocycles. The molecule has 0 heterocycles. The molecule has 16 heavy (non-hydrogen) atoms. The molecule has 0 aliphatic heterocycles. The number of rotatable bonds is 5. The second-order valence-corrected chi connectivity index (χ2v) is 3.69. The van der Waals surface area contributed by atoms with Crippen LogP contribution in [-0.2, 0) is 4.79 Å². The first-order valence-electron chi connectivity index (χ1n) is 5.25. The van der Waals surface area contributed by atoms with Crippen LogP contribution in [0.5, 0.6) is 5.75 Å². The van der Waals surface area contributed by atoms with E-state index in [-0.39, 0.29) is 11.9 Å². The van der Waals surface area contributed by atoms with Crippen LogP contribution in [0, 0.1) is 6.92 Å². The summed E-state index contributed by atoms with van der Waals surface area (Å²) in [6, 6.07) is 7.75. The Morgan fingerprint density at radius 3 is 2.88 bits per heavy atom. The number of benzene rings is 1. The third-order valence-corrected chi connectivity index (χ3v) is 2.16. The molecule has 3 nitrogen and oxygen atoms in total. The van der Waals surface area contributed by atoms with Crippen molar-refractivity contribution >= 4 is 5.91 Å². The Bertz CT molecular complexity index is 374. The van der Waals surface area contributed by atoms with Crippen molar-refractivity contribution in [1.82, 2.24) is 5.32 Å². The van der Waals surface area contributed by atoms with Crippen LogP contribution in [0.4, 0.5) is 0 Å². The predicted octanol–water partition coefficient (Wildman–Crippen LogP) is 2.06. The van der Waals surface area contributed by atoms with Crippen LogP contribution in [0.15, 0.2) is 36.9 Å². The second-order valence-electron chi connectivity index (χ2n) is 3.69. The molecule has 0 bridgehead atoms. The highest BCUT2D eigenvalue weighted by molar-refractivity contribution is 5.87. The highest BCUT2D eigenvalue weighted by Crippen LogP contribution is 2.16. The van der Waals surface area contributed by atoms with Crippen molar-refractivity contribution < 1.29 is 9.53 Å². The van der Waals surface area contributed by atoms with Crippen molar-refractivity contribution in [3.05, 3.63) is 42.5 Å². The van der Waals surface area contributed by atoms with Crippen LogP contribution in [-0.4, -0.2) is 18.6 Å². The molecule has 0 radical (unpaired) electrons. The van der Waals surface area contributed by atoms with Gasteiger partial charge in [-0.15, -0.1) is 0 Å². The fraction of sp³-hybridized carbons (Fsp3) is 0.308. The van der Waals surface area contributed by atoms with Gasteiger partial charge in [0.15, 0.2) is 0 Å². The number of aryl methyl sites for hydroxylation is 1. The normalized spacial score (nSPS) is 11.6. The molecular formula is C13H17NO2. The van der Waals surface area contributed by atoms with E-state index in [1.807, 2.05) is 38.1 Å². The Morgan fingerprint density at radius 1 is 1.56 bits per heavy atom. The van der Waals surface area contributed by atoms with Crippen molar-refractivity contribution in [3.8, 4) is 5.75 Å². The van der Waals surface area contributed by atoms with Gasteiger partial charge in [0.25, 0.3) is 0 Å². The minimum Gasteiger partial charge on any atom is -0.491 e. The summed E-state index contributed by atoms with van der Waals surface area (Å²) in [5.41, 5.74) is 1.09. The minimum absolute atomic E-state index is 0.0369. The van der Waals surface area contributed by atoms with E-state index in [9.17, 15) is 4.79 Å². The summed E-state index contributed by atoms with van der Waals surface area (Å²) in [6.45, 7) is 7.72. The summed E-state index contributed by atoms with van der Waals surface area (Å²) >= 11 is 0. The van der Waals surface area contributed by atoms with Crippen molar-refractivity contribution in [2.75, 3.05) is 6.61 Å². The zero-order valence-corrected chi connectivity index (χ0v) is 9.69. The summed E-state index contributed by atoms with van der Waals surface area (Å²) in [7, 11) is 0. The van der Waals surface area contributed by atoms with E-state index >= 15 is 0 Å². The van der Waals surface area contributed by atoms with Gasteiger partial charge in [0.2, 0.25) is 5.91 Å². The second kappa shape index (κ2) is 5.95. The van der Waals surface area contributed by atoms with Crippen LogP contribution < -0.4 is 10.1 Å². The Labute approximate surface area is 96.1 Å². The van der Waals surface area contributed by atoms with Gasteiger partial charge in [0.05, 0.1) is 6.04 Å². The van der Waals surface area contributed by atoms with Gasteiger partial charge in [-0.1, -0.05) is 24.8 Å². The van der Waals surface area contributed by atoms with Gasteiger partial charge in [-0.3, -0.25) is 4.79 Å². The minimum atomic E-state index is -0.180. The smallest absolute Gasteiger partial charge is 0.243 e. The Balaban J connectivity index is 2.43. The van der Waals surface area contributed by atoms with E-state index in [1.165, 1.54) is 6.08 Å². The van der Waals surface area contributed by atoms with Crippen molar-refractivity contribution in [1.29, 1.82) is 0 Å². The first-order chi connectivity index (χ1) is 7.63. The van der Waals surface area contributed by atoms with Gasteiger partial charge in [-0.05, 0) is 31.6 Å². The molecule has 0 saturated carbocycles. The summed E-state index contributed by atoms with van der Waals surface area (Å²) in [6.07, 6.45) is 1.25. The van der Waals surface area contributed by atoms with E-state index in [0.29, 0.717) is 6.61 Å². The first kappa shape index (κ1) is 12.3. The van der Waals surface area contributed by atoms with E-state index in [4.69, 9.17) is 4.74 Å². The maximum Gasteiger partial charge on any atom is 0.243 e. The van der Waals surface area contributed by atoms with Crippen LogP contribution in [0.3, 0.4) is 0 Å². The molecule has 1 rings (SSSR count). The molecule has 0 saturated heterocycles. The highest BCUT2D eigenvalue weighted by atomic mass is 16.5. The summed E-state index contributed by atoms with van der Waals surface area (Å²) < 4.78 is 5.59. The summed E-state index contributed by atoms with van der Waals surface area (Å²) in [5.74, 6) is 0.670. The van der Waals surface area contributed by atoms with Crippen LogP contribution in [0.25, 0.3) is 0 Å². The molecule has 0 aliphatic rings. The van der Waals surface area contributed by atoms with E-state index in [2.05, 4.69) is 11.9 Å². The number of para-hydroxylation sites is 1. The zero-order chi connectivity index (χ0) is 12.0. The lowest BCUT2D eigenvalue weighted by molar-refractivity contribution is -0.117. The largest absolute Gasteiger partial charge is 0.491 e. The van der Waals surface area contributed by atoms with Gasteiger partial charge in [-0.2, -0.15) is 0 Å². The van der Waals surface area contributed by atoms with Gasteiger partial charge in [0, 0.05) is 0 Å². The molecule has 3 heteroatoms. The predicted molar refractivity (Wildman–Crippen MR) is 64.5 cm³/mol. The number of hydrogen-bond acceptors (Lipinski definition) is 2. The molecule has 86 valence electrons. The molecule has 1 aromatic carbocycles. The highest BCUT2D eigenvalue weighted by Gasteiger charge is 2.05. The maximum atomic E-state index is 11.0. The topological polar surface area (TPSA) is 38.3 Å². The van der Waals surface area contributed by atoms with Crippen LogP contribution in [0.2, 0.25) is 0 Å². The third kappa shape index (κ3) is 3.77. The van der Waals surface area contributed by atoms with Gasteiger partial charge in [0.1, 0.15) is 12.4 Å². The average molecular weight is 219 g/mol. The lowest BCUT2D eigenvalue weighted by Gasteiger charge is -2.15. The number of carbonyl (C=O) groups excluding carboxylic acids is 1. The van der Waals surface area contributed by atoms with Gasteiger partial charge < -0.3 is 10.1 Å². The molecule has 0 aromatic heterocycles. The van der Waals surface area contributed by atoms with Gasteiger partial charge >= 0.3 is 0 Å². The molecule has 1 atom stereocenters. The molecule has 1 amide bonds. The Hall–Kier alpha value is -1.77. The van der Waals surface area contributed by atoms with Gasteiger partial charge in [-0.25, -0.2) is 0 Å². The fourth-order valence-corrected chi connectivity index (χ4v) is 1.28. The average Bonchev–Trinajstić information content (AvgIpc) is 2.28. The molecule has 0 fully saturated rings. The number of carbonyl (C=O) groups is 1. The number of ether oxygens (including phenoxy) is 1. The first-order valence-corrected chi connectivity index (χ1v) is 5.25. The molecule has 1 unspecified atom stereocenters. The molecule has 1 N–H and O–H groups in total. The van der Waals surface area contributed by atoms with Crippen molar-refractivity contribution in [2.24, 2.45) is 0 Å². The van der Waals surface area contributed by atoms with E-state index in [0.717, 1.165) is 11.3 Å².